The molecule has 7 nitrogen and oxygen atoms in total. The molecule has 152 valence electrons. The number of para-hydroxylation sites is 2. The molecular weight excluding hydrogens is 391 g/mol. The van der Waals surface area contributed by atoms with E-state index in [0.717, 1.165) is 0 Å². The molecule has 1 heterocycles. The third-order valence-corrected chi connectivity index (χ3v) is 4.27. The van der Waals surface area contributed by atoms with E-state index in [0.29, 0.717) is 22.9 Å². The molecule has 0 aromatic heterocycles. The second-order valence-electron chi connectivity index (χ2n) is 6.34. The average molecular weight is 408 g/mol. The number of hydrogen-bond donors (Lipinski definition) is 2. The minimum Gasteiger partial charge on any atom is -0.481 e. The predicted molar refractivity (Wildman–Crippen MR) is 107 cm³/mol. The first-order valence-electron chi connectivity index (χ1n) is 9.07. The van der Waals surface area contributed by atoms with Crippen LogP contribution in [-0.4, -0.2) is 25.2 Å². The van der Waals surface area contributed by atoms with Crippen LogP contribution in [0.2, 0.25) is 0 Å². The molecule has 4 rings (SSSR count). The highest BCUT2D eigenvalue weighted by molar-refractivity contribution is 6.10. The molecule has 3 aromatic carbocycles. The van der Waals surface area contributed by atoms with Gasteiger partial charge in [0.05, 0.1) is 11.3 Å². The monoisotopic (exact) mass is 408 g/mol. The van der Waals surface area contributed by atoms with E-state index in [9.17, 15) is 14.0 Å². The lowest BCUT2D eigenvalue weighted by molar-refractivity contribution is -0.118. The van der Waals surface area contributed by atoms with E-state index >= 15 is 0 Å². The summed E-state index contributed by atoms with van der Waals surface area (Å²) in [5.74, 6) is -0.383. The Morgan fingerprint density at radius 3 is 2.57 bits per heavy atom. The average Bonchev–Trinajstić information content (AvgIpc) is 3.21. The molecular formula is C22H17FN2O5. The first-order valence-corrected chi connectivity index (χ1v) is 9.07. The van der Waals surface area contributed by atoms with E-state index in [2.05, 4.69) is 10.6 Å². The molecule has 1 aliphatic rings. The van der Waals surface area contributed by atoms with Crippen molar-refractivity contribution in [3.8, 4) is 17.2 Å². The first kappa shape index (κ1) is 19.3. The second kappa shape index (κ2) is 8.52. The van der Waals surface area contributed by atoms with E-state index in [1.54, 1.807) is 48.5 Å². The van der Waals surface area contributed by atoms with Crippen molar-refractivity contribution in [3.05, 3.63) is 78.1 Å². The van der Waals surface area contributed by atoms with Crippen molar-refractivity contribution < 1.29 is 28.2 Å². The molecule has 0 bridgehead atoms. The summed E-state index contributed by atoms with van der Waals surface area (Å²) in [6.45, 7) is -0.268. The normalized spacial score (nSPS) is 11.6. The van der Waals surface area contributed by atoms with Gasteiger partial charge in [-0.15, -0.1) is 0 Å². The molecule has 0 saturated heterocycles. The standard InChI is InChI=1S/C22H17FN2O5/c23-16-6-2-4-8-18(16)28-12-21(26)25-17-7-3-1-5-15(17)22(27)24-14-9-10-19-20(11-14)30-13-29-19/h1-11H,12-13H2,(H,24,27)(H,25,26). The Morgan fingerprint density at radius 2 is 1.70 bits per heavy atom. The number of anilines is 2. The number of carbonyl (C=O) groups excluding carboxylic acids is 2. The predicted octanol–water partition coefficient (Wildman–Crippen LogP) is 3.82. The molecule has 3 aromatic rings. The quantitative estimate of drug-likeness (QED) is 0.648. The van der Waals surface area contributed by atoms with E-state index < -0.39 is 24.2 Å². The lowest BCUT2D eigenvalue weighted by atomic mass is 10.1. The maximum atomic E-state index is 13.6. The van der Waals surface area contributed by atoms with Gasteiger partial charge in [-0.3, -0.25) is 9.59 Å². The van der Waals surface area contributed by atoms with Crippen LogP contribution in [-0.2, 0) is 4.79 Å². The fraction of sp³-hybridized carbons (Fsp3) is 0.0909. The fourth-order valence-corrected chi connectivity index (χ4v) is 2.85. The number of amides is 2. The summed E-state index contributed by atoms with van der Waals surface area (Å²) < 4.78 is 29.4. The van der Waals surface area contributed by atoms with Gasteiger partial charge in [0.1, 0.15) is 0 Å². The highest BCUT2D eigenvalue weighted by atomic mass is 19.1. The minimum absolute atomic E-state index is 0.0264. The Morgan fingerprint density at radius 1 is 0.933 bits per heavy atom. The highest BCUT2D eigenvalue weighted by Crippen LogP contribution is 2.34. The van der Waals surface area contributed by atoms with Crippen LogP contribution in [0.3, 0.4) is 0 Å². The van der Waals surface area contributed by atoms with Crippen LogP contribution in [0.1, 0.15) is 10.4 Å². The van der Waals surface area contributed by atoms with Crippen LogP contribution in [0.25, 0.3) is 0 Å². The van der Waals surface area contributed by atoms with Crippen molar-refractivity contribution in [2.45, 2.75) is 0 Å². The molecule has 0 atom stereocenters. The zero-order chi connectivity index (χ0) is 20.9. The van der Waals surface area contributed by atoms with Crippen LogP contribution in [0.4, 0.5) is 15.8 Å². The Kier molecular flexibility index (Phi) is 5.47. The number of ether oxygens (including phenoxy) is 3. The van der Waals surface area contributed by atoms with Crippen LogP contribution in [0, 0.1) is 5.82 Å². The van der Waals surface area contributed by atoms with Gasteiger partial charge < -0.3 is 24.8 Å². The zero-order valence-corrected chi connectivity index (χ0v) is 15.7. The van der Waals surface area contributed by atoms with Gasteiger partial charge in [0.2, 0.25) is 6.79 Å². The number of benzene rings is 3. The molecule has 2 amide bonds. The number of carbonyl (C=O) groups is 2. The third kappa shape index (κ3) is 4.33. The Hall–Kier alpha value is -4.07. The maximum Gasteiger partial charge on any atom is 0.262 e. The Bertz CT molecular complexity index is 1100. The number of rotatable bonds is 6. The summed E-state index contributed by atoms with van der Waals surface area (Å²) >= 11 is 0. The molecule has 0 aliphatic carbocycles. The molecule has 1 aliphatic heterocycles. The molecule has 0 unspecified atom stereocenters. The van der Waals surface area contributed by atoms with Gasteiger partial charge in [-0.25, -0.2) is 4.39 Å². The van der Waals surface area contributed by atoms with Crippen molar-refractivity contribution >= 4 is 23.2 Å². The van der Waals surface area contributed by atoms with Crippen molar-refractivity contribution in [1.82, 2.24) is 0 Å². The van der Waals surface area contributed by atoms with Gasteiger partial charge in [0.15, 0.2) is 29.7 Å². The van der Waals surface area contributed by atoms with Crippen molar-refractivity contribution in [1.29, 1.82) is 0 Å². The number of fused-ring (bicyclic) bond motifs is 1. The molecule has 0 spiro atoms. The molecule has 8 heteroatoms. The summed E-state index contributed by atoms with van der Waals surface area (Å²) in [6, 6.07) is 17.4. The van der Waals surface area contributed by atoms with E-state index in [4.69, 9.17) is 14.2 Å². The Labute approximate surface area is 171 Å². The van der Waals surface area contributed by atoms with Gasteiger partial charge in [-0.05, 0) is 36.4 Å². The van der Waals surface area contributed by atoms with Crippen LogP contribution in [0.5, 0.6) is 17.2 Å². The SMILES string of the molecule is O=C(COc1ccccc1F)Nc1ccccc1C(=O)Nc1ccc2c(c1)OCO2. The van der Waals surface area contributed by atoms with Gasteiger partial charge in [-0.2, -0.15) is 0 Å². The van der Waals surface area contributed by atoms with E-state index in [-0.39, 0.29) is 18.1 Å². The zero-order valence-electron chi connectivity index (χ0n) is 15.7. The van der Waals surface area contributed by atoms with Crippen LogP contribution >= 0.6 is 0 Å². The largest absolute Gasteiger partial charge is 0.481 e. The lowest BCUT2D eigenvalue weighted by Gasteiger charge is -2.12. The van der Waals surface area contributed by atoms with Gasteiger partial charge >= 0.3 is 0 Å². The number of halogens is 1. The van der Waals surface area contributed by atoms with Gasteiger partial charge in [0.25, 0.3) is 11.8 Å². The van der Waals surface area contributed by atoms with E-state index in [1.165, 1.54) is 18.2 Å². The Balaban J connectivity index is 1.42. The molecule has 0 fully saturated rings. The molecule has 0 saturated carbocycles. The summed E-state index contributed by atoms with van der Waals surface area (Å²) in [5, 5.41) is 5.38. The van der Waals surface area contributed by atoms with Crippen molar-refractivity contribution in [2.24, 2.45) is 0 Å². The van der Waals surface area contributed by atoms with Crippen LogP contribution < -0.4 is 24.8 Å². The second-order valence-corrected chi connectivity index (χ2v) is 6.34. The highest BCUT2D eigenvalue weighted by Gasteiger charge is 2.17. The summed E-state index contributed by atoms with van der Waals surface area (Å²) in [4.78, 5) is 25.0. The number of hydrogen-bond acceptors (Lipinski definition) is 5. The van der Waals surface area contributed by atoms with Crippen molar-refractivity contribution in [2.75, 3.05) is 24.0 Å². The van der Waals surface area contributed by atoms with Crippen molar-refractivity contribution in [3.63, 3.8) is 0 Å². The molecule has 2 N–H and O–H groups in total. The maximum absolute atomic E-state index is 13.6. The first-order chi connectivity index (χ1) is 14.6. The smallest absolute Gasteiger partial charge is 0.262 e. The number of nitrogens with one attached hydrogen (secondary N) is 2. The molecule has 30 heavy (non-hydrogen) atoms. The minimum atomic E-state index is -0.561. The van der Waals surface area contributed by atoms with E-state index in [1.807, 2.05) is 0 Å². The van der Waals surface area contributed by atoms with Gasteiger partial charge in [-0.1, -0.05) is 24.3 Å². The van der Waals surface area contributed by atoms with Crippen LogP contribution in [0.15, 0.2) is 66.7 Å². The lowest BCUT2D eigenvalue weighted by Crippen LogP contribution is -2.23. The summed E-state index contributed by atoms with van der Waals surface area (Å²) in [6.07, 6.45) is 0. The third-order valence-electron chi connectivity index (χ3n) is 4.27. The fourth-order valence-electron chi connectivity index (χ4n) is 2.85. The summed E-state index contributed by atoms with van der Waals surface area (Å²) in [7, 11) is 0. The summed E-state index contributed by atoms with van der Waals surface area (Å²) in [5.41, 5.74) is 1.08. The molecule has 0 radical (unpaired) electrons. The topological polar surface area (TPSA) is 85.9 Å². The van der Waals surface area contributed by atoms with Gasteiger partial charge in [0, 0.05) is 11.8 Å².